The molecule has 10 amide bonds. The molecule has 0 radical (unpaired) electrons. The third-order valence-corrected chi connectivity index (χ3v) is 18.0. The number of hydrazone groups is 1. The van der Waals surface area contributed by atoms with E-state index >= 15 is 0 Å². The third-order valence-electron chi connectivity index (χ3n) is 17.0. The molecule has 580 valence electrons. The molecule has 0 bridgehead atoms. The molecule has 30 nitrogen and oxygen atoms in total. The number of nitrogens with zero attached hydrogens (tertiary/aromatic N) is 4. The van der Waals surface area contributed by atoms with Gasteiger partial charge in [0.2, 0.25) is 47.3 Å². The van der Waals surface area contributed by atoms with Crippen LogP contribution in [-0.2, 0) is 66.1 Å². The summed E-state index contributed by atoms with van der Waals surface area (Å²) in [7, 11) is -4.43. The molecule has 0 aliphatic carbocycles. The molecule has 1 aliphatic rings. The second-order valence-corrected chi connectivity index (χ2v) is 29.0. The maximum Gasteiger partial charge on any atom is 0.407 e. The van der Waals surface area contributed by atoms with Crippen molar-refractivity contribution in [3.05, 3.63) is 119 Å². The zero-order valence-corrected chi connectivity index (χ0v) is 62.6. The van der Waals surface area contributed by atoms with Crippen LogP contribution in [0.2, 0.25) is 0 Å². The SMILES string of the molecule is CC(C)C[C@H](NC(=O)[C@H](CCc1ccccc1)NC(=O)CNC(=O)[C@H](CCCCN=C(N)N)NC(=O)[C@@H]1CCCN1C(=O)CNC(=O)CCCCCNC(=O)OC(C)(C)C)C(=O)Nc1ccc(CCCCCCCCCCC(=O)NCCNC(=O)c2ccc(N/N=C/c3ccccc3S(=O)(=O)O)nc2)cc1. The number of hydrogen-bond acceptors (Lipinski definition) is 17. The zero-order valence-electron chi connectivity index (χ0n) is 61.8. The van der Waals surface area contributed by atoms with Crippen molar-refractivity contribution in [2.45, 2.75) is 211 Å². The molecule has 15 N–H and O–H groups in total. The lowest BCUT2D eigenvalue weighted by Crippen LogP contribution is -2.56. The Morgan fingerprint density at radius 3 is 1.94 bits per heavy atom. The number of carbonyl (C=O) groups is 10. The topological polar surface area (TPSA) is 447 Å². The lowest BCUT2D eigenvalue weighted by Gasteiger charge is -2.27. The van der Waals surface area contributed by atoms with Crippen LogP contribution in [0.4, 0.5) is 16.3 Å². The Labute approximate surface area is 622 Å². The Kier molecular flexibility index (Phi) is 38.2. The van der Waals surface area contributed by atoms with Crippen LogP contribution < -0.4 is 64.7 Å². The fraction of sp³-hybridized carbons (Fsp3) is 0.533. The number of nitrogens with one attached hydrogen (secondary N) is 10. The average molecular weight is 1490 g/mol. The second kappa shape index (κ2) is 46.7. The highest BCUT2D eigenvalue weighted by molar-refractivity contribution is 7.86. The number of unbranched alkanes of at least 4 members (excludes halogenated alkanes) is 10. The predicted molar refractivity (Wildman–Crippen MR) is 405 cm³/mol. The van der Waals surface area contributed by atoms with Gasteiger partial charge in [-0.3, -0.25) is 58.1 Å². The first-order valence-electron chi connectivity index (χ1n) is 36.7. The number of anilines is 2. The van der Waals surface area contributed by atoms with Crippen LogP contribution in [0.5, 0.6) is 0 Å². The summed E-state index contributed by atoms with van der Waals surface area (Å²) in [5.41, 5.74) is 16.1. The van der Waals surface area contributed by atoms with Gasteiger partial charge in [-0.2, -0.15) is 13.5 Å². The monoisotopic (exact) mass is 1490 g/mol. The lowest BCUT2D eigenvalue weighted by molar-refractivity contribution is -0.139. The van der Waals surface area contributed by atoms with Gasteiger partial charge >= 0.3 is 6.09 Å². The molecule has 106 heavy (non-hydrogen) atoms. The summed E-state index contributed by atoms with van der Waals surface area (Å²) in [6.07, 6.45) is 15.9. The molecule has 0 spiro atoms. The van der Waals surface area contributed by atoms with Gasteiger partial charge in [-0.1, -0.05) is 119 Å². The van der Waals surface area contributed by atoms with Crippen molar-refractivity contribution >= 4 is 93.1 Å². The minimum Gasteiger partial charge on any atom is -0.444 e. The van der Waals surface area contributed by atoms with E-state index < -0.39 is 88.0 Å². The highest BCUT2D eigenvalue weighted by atomic mass is 32.2. The Morgan fingerprint density at radius 2 is 1.27 bits per heavy atom. The van der Waals surface area contributed by atoms with E-state index in [0.717, 1.165) is 68.9 Å². The van der Waals surface area contributed by atoms with Crippen LogP contribution in [0.25, 0.3) is 0 Å². The zero-order chi connectivity index (χ0) is 77.3. The Balaban J connectivity index is 1.01. The standard InChI is InChI=1S/C75H110N16O14S/c1-52(2)47-60(71(99)86-57-38-34-54(35-39-57)27-14-10-8-6-7-9-11-17-32-64(92)78-44-45-79-68(96)56-37-41-63(82-48-56)90-85-49-55-28-19-20-31-62(55)106(102,103)104)89-70(98)59(40-36-53-25-15-12-16-26-53)87-66(94)50-84-69(97)58(29-21-23-42-80-73(76)77)88-72(100)61-30-24-46-91(61)67(95)51-83-65(93)33-18-13-22-43-81-74(101)105-75(3,4)5/h12,15-16,19-20,25-26,28,31,34-35,37-39,41,48-49,52,58-61H,6-11,13-14,17-18,21-24,27,29-30,32-33,36,40,42-47,50-51H2,1-5H3,(H,78,92)(H,79,96)(H,81,101)(H,82,90)(H,83,93)(H,84,97)(H,86,99)(H,87,94)(H,88,100)(H,89,98)(H4,76,77,80)(H,102,103,104)/b85-49+/t58-,59-,60-,61-/m0/s1. The van der Waals surface area contributed by atoms with E-state index in [1.54, 1.807) is 26.8 Å². The Bertz CT molecular complexity index is 3650. The normalized spacial score (nSPS) is 13.7. The molecule has 3 aromatic carbocycles. The van der Waals surface area contributed by atoms with Gasteiger partial charge < -0.3 is 69.0 Å². The van der Waals surface area contributed by atoms with Gasteiger partial charge in [-0.05, 0) is 152 Å². The summed E-state index contributed by atoms with van der Waals surface area (Å²) in [5, 5.41) is 28.9. The van der Waals surface area contributed by atoms with Crippen molar-refractivity contribution in [3.63, 3.8) is 0 Å². The molecule has 4 atom stereocenters. The number of guanidine groups is 1. The van der Waals surface area contributed by atoms with Gasteiger partial charge in [0.25, 0.3) is 16.0 Å². The number of rotatable bonds is 47. The number of aromatic nitrogens is 1. The summed E-state index contributed by atoms with van der Waals surface area (Å²) in [6, 6.07) is 21.7. The van der Waals surface area contributed by atoms with Crippen molar-refractivity contribution in [3.8, 4) is 0 Å². The number of nitrogens with two attached hydrogens (primary N) is 2. The summed E-state index contributed by atoms with van der Waals surface area (Å²) in [5.74, 6) is -4.07. The van der Waals surface area contributed by atoms with E-state index in [-0.39, 0.29) is 92.0 Å². The van der Waals surface area contributed by atoms with Crippen LogP contribution in [0.15, 0.2) is 112 Å². The van der Waals surface area contributed by atoms with Gasteiger partial charge in [-0.25, -0.2) is 9.78 Å². The fourth-order valence-corrected chi connectivity index (χ4v) is 12.2. The van der Waals surface area contributed by atoms with Gasteiger partial charge in [0.15, 0.2) is 5.96 Å². The van der Waals surface area contributed by atoms with E-state index in [1.165, 1.54) is 47.6 Å². The van der Waals surface area contributed by atoms with E-state index in [2.05, 4.69) is 68.4 Å². The largest absolute Gasteiger partial charge is 0.444 e. The molecule has 5 rings (SSSR count). The van der Waals surface area contributed by atoms with Crippen LogP contribution in [-0.4, -0.2) is 170 Å². The molecule has 4 aromatic rings. The van der Waals surface area contributed by atoms with E-state index in [9.17, 15) is 60.9 Å². The molecule has 1 aromatic heterocycles. The first-order chi connectivity index (χ1) is 50.6. The number of amides is 10. The average Bonchev–Trinajstić information content (AvgIpc) is 1.51. The molecule has 0 saturated carbocycles. The van der Waals surface area contributed by atoms with Gasteiger partial charge in [0, 0.05) is 63.0 Å². The van der Waals surface area contributed by atoms with Crippen LogP contribution in [0.3, 0.4) is 0 Å². The van der Waals surface area contributed by atoms with Crippen LogP contribution in [0, 0.1) is 5.92 Å². The third kappa shape index (κ3) is 35.2. The smallest absolute Gasteiger partial charge is 0.407 e. The van der Waals surface area contributed by atoms with Gasteiger partial charge in [0.1, 0.15) is 40.5 Å². The molecule has 2 heterocycles. The minimum atomic E-state index is -4.43. The number of alkyl carbamates (subject to hydrolysis) is 1. The number of aryl methyl sites for hydroxylation is 2. The number of hydrogen-bond donors (Lipinski definition) is 13. The van der Waals surface area contributed by atoms with E-state index in [4.69, 9.17) is 16.2 Å². The van der Waals surface area contributed by atoms with Crippen molar-refractivity contribution in [1.29, 1.82) is 0 Å². The molecule has 31 heteroatoms. The lowest BCUT2D eigenvalue weighted by atomic mass is 10.0. The molecular formula is C75H110N16O14S. The molecule has 1 fully saturated rings. The first kappa shape index (κ1) is 86.6. The molecule has 1 aliphatic heterocycles. The summed E-state index contributed by atoms with van der Waals surface area (Å²) >= 11 is 0. The maximum absolute atomic E-state index is 14.3. The minimum absolute atomic E-state index is 0.0108. The van der Waals surface area contributed by atoms with Crippen LogP contribution >= 0.6 is 0 Å². The maximum atomic E-state index is 14.3. The highest BCUT2D eigenvalue weighted by Crippen LogP contribution is 2.21. The van der Waals surface area contributed by atoms with Crippen molar-refractivity contribution in [2.24, 2.45) is 27.5 Å². The Morgan fingerprint density at radius 1 is 0.632 bits per heavy atom. The van der Waals surface area contributed by atoms with Crippen molar-refractivity contribution in [2.75, 3.05) is 56.6 Å². The summed E-state index contributed by atoms with van der Waals surface area (Å²) < 4.78 is 37.8. The fourth-order valence-electron chi connectivity index (χ4n) is 11.5. The van der Waals surface area contributed by atoms with Gasteiger partial charge in [0.05, 0.1) is 24.9 Å². The van der Waals surface area contributed by atoms with Crippen molar-refractivity contribution < 1.29 is 65.7 Å². The first-order valence-corrected chi connectivity index (χ1v) is 38.1. The second-order valence-electron chi connectivity index (χ2n) is 27.6. The van der Waals surface area contributed by atoms with E-state index in [1.807, 2.05) is 68.4 Å². The predicted octanol–water partition coefficient (Wildman–Crippen LogP) is 6.20. The summed E-state index contributed by atoms with van der Waals surface area (Å²) in [6.45, 7) is 9.68. The molecular weight excluding hydrogens is 1380 g/mol. The van der Waals surface area contributed by atoms with Crippen LogP contribution in [0.1, 0.15) is 190 Å². The summed E-state index contributed by atoms with van der Waals surface area (Å²) in [4.78, 5) is 142. The highest BCUT2D eigenvalue weighted by Gasteiger charge is 2.36. The number of carbonyl (C=O) groups excluding carboxylic acids is 10. The number of aliphatic imine (C=N–C) groups is 1. The molecule has 1 saturated heterocycles. The number of ether oxygens (including phenoxy) is 1. The quantitative estimate of drug-likeness (QED) is 0.00770. The van der Waals surface area contributed by atoms with E-state index in [0.29, 0.717) is 87.8 Å². The molecule has 0 unspecified atom stereocenters. The number of pyridine rings is 1. The number of likely N-dealkylation sites (tertiary alicyclic amines) is 1. The van der Waals surface area contributed by atoms with Crippen molar-refractivity contribution in [1.82, 2.24) is 52.4 Å². The Hall–Kier alpha value is -10.0. The number of benzene rings is 3. The van der Waals surface area contributed by atoms with Gasteiger partial charge in [-0.15, -0.1) is 0 Å².